The Hall–Kier alpha value is -1.96. The zero-order valence-corrected chi connectivity index (χ0v) is 16.4. The molecule has 1 heterocycles. The minimum absolute atomic E-state index is 0.0751. The lowest BCUT2D eigenvalue weighted by Gasteiger charge is -2.38. The predicted octanol–water partition coefficient (Wildman–Crippen LogP) is 3.38. The van der Waals surface area contributed by atoms with Crippen LogP contribution in [0.3, 0.4) is 0 Å². The Morgan fingerprint density at radius 3 is 2.67 bits per heavy atom. The molecule has 3 rings (SSSR count). The summed E-state index contributed by atoms with van der Waals surface area (Å²) in [5, 5.41) is 21.1. The number of rotatable bonds is 10. The van der Waals surface area contributed by atoms with E-state index in [9.17, 15) is 5.11 Å². The summed E-state index contributed by atoms with van der Waals surface area (Å²) in [5.74, 6) is 0. The van der Waals surface area contributed by atoms with E-state index in [2.05, 4.69) is 22.2 Å². The Balaban J connectivity index is 2.02. The van der Waals surface area contributed by atoms with Crippen LogP contribution in [0.15, 0.2) is 42.1 Å². The van der Waals surface area contributed by atoms with Crippen LogP contribution < -0.4 is 0 Å². The van der Waals surface area contributed by atoms with Crippen molar-refractivity contribution in [3.8, 4) is 0 Å². The highest BCUT2D eigenvalue weighted by molar-refractivity contribution is 6.30. The number of aromatic nitrogens is 3. The van der Waals surface area contributed by atoms with Gasteiger partial charge in [0.1, 0.15) is 18.3 Å². The summed E-state index contributed by atoms with van der Waals surface area (Å²) >= 11 is 6.06. The maximum absolute atomic E-state index is 12.0. The van der Waals surface area contributed by atoms with E-state index in [4.69, 9.17) is 21.2 Å². The van der Waals surface area contributed by atoms with Gasteiger partial charge in [0.05, 0.1) is 12.3 Å². The lowest BCUT2D eigenvalue weighted by Crippen LogP contribution is -2.45. The molecule has 0 bridgehead atoms. The van der Waals surface area contributed by atoms with Gasteiger partial charge in [-0.2, -0.15) is 5.10 Å². The van der Waals surface area contributed by atoms with E-state index in [1.165, 1.54) is 6.33 Å². The number of benzene rings is 1. The van der Waals surface area contributed by atoms with Crippen LogP contribution in [0.25, 0.3) is 0 Å². The molecule has 27 heavy (non-hydrogen) atoms. The summed E-state index contributed by atoms with van der Waals surface area (Å²) in [6.45, 7) is 2.42. The second-order valence-corrected chi connectivity index (χ2v) is 7.30. The van der Waals surface area contributed by atoms with Gasteiger partial charge in [-0.05, 0) is 37.0 Å². The van der Waals surface area contributed by atoms with Gasteiger partial charge >= 0.3 is 0 Å². The monoisotopic (exact) mass is 392 g/mol. The number of oxime groups is 1. The van der Waals surface area contributed by atoms with Crippen LogP contribution in [-0.4, -0.2) is 39.5 Å². The fourth-order valence-corrected chi connectivity index (χ4v) is 3.75. The minimum atomic E-state index is -1.21. The molecule has 1 fully saturated rings. The van der Waals surface area contributed by atoms with E-state index in [1.807, 2.05) is 12.1 Å². The van der Waals surface area contributed by atoms with Gasteiger partial charge in [0, 0.05) is 17.5 Å². The molecule has 0 spiro atoms. The lowest BCUT2D eigenvalue weighted by molar-refractivity contribution is -0.0430. The smallest absolute Gasteiger partial charge is 0.216 e. The molecule has 0 amide bonds. The highest BCUT2D eigenvalue weighted by Crippen LogP contribution is 2.60. The number of halogens is 1. The van der Waals surface area contributed by atoms with Gasteiger partial charge in [-0.15, -0.1) is 0 Å². The summed E-state index contributed by atoms with van der Waals surface area (Å²) in [4.78, 5) is 9.31. The van der Waals surface area contributed by atoms with Gasteiger partial charge in [-0.3, -0.25) is 0 Å². The molecule has 1 atom stereocenters. The SMILES string of the molecule is CCC/C(=N\OCOC)C1(C(O)(Cn2cncn2)c2ccc(Cl)cc2)CC1. The van der Waals surface area contributed by atoms with E-state index in [0.29, 0.717) is 5.02 Å². The van der Waals surface area contributed by atoms with Crippen molar-refractivity contribution in [1.29, 1.82) is 0 Å². The molecule has 1 aliphatic rings. The van der Waals surface area contributed by atoms with Crippen molar-refractivity contribution >= 4 is 17.3 Å². The summed E-state index contributed by atoms with van der Waals surface area (Å²) in [6.07, 6.45) is 6.33. The Kier molecular flexibility index (Phi) is 6.14. The fraction of sp³-hybridized carbons (Fsp3) is 0.526. The third kappa shape index (κ3) is 4.00. The second-order valence-electron chi connectivity index (χ2n) is 6.87. The van der Waals surface area contributed by atoms with Crippen molar-refractivity contribution in [3.05, 3.63) is 47.5 Å². The van der Waals surface area contributed by atoms with Crippen LogP contribution in [0.4, 0.5) is 0 Å². The zero-order valence-electron chi connectivity index (χ0n) is 15.6. The molecule has 7 nitrogen and oxygen atoms in total. The van der Waals surface area contributed by atoms with Crippen molar-refractivity contribution in [2.75, 3.05) is 13.9 Å². The normalized spacial score (nSPS) is 18.1. The van der Waals surface area contributed by atoms with Crippen LogP contribution >= 0.6 is 11.6 Å². The highest BCUT2D eigenvalue weighted by atomic mass is 35.5. The number of aliphatic hydroxyl groups is 1. The van der Waals surface area contributed by atoms with Crippen molar-refractivity contribution in [2.45, 2.75) is 44.8 Å². The van der Waals surface area contributed by atoms with Gasteiger partial charge in [-0.1, -0.05) is 42.2 Å². The fourth-order valence-electron chi connectivity index (χ4n) is 3.63. The van der Waals surface area contributed by atoms with Gasteiger partial charge in [0.25, 0.3) is 0 Å². The first-order chi connectivity index (χ1) is 13.1. The molecular weight excluding hydrogens is 368 g/mol. The maximum atomic E-state index is 12.0. The predicted molar refractivity (Wildman–Crippen MR) is 102 cm³/mol. The zero-order chi connectivity index (χ0) is 19.3. The summed E-state index contributed by atoms with van der Waals surface area (Å²) in [6, 6.07) is 7.30. The van der Waals surface area contributed by atoms with Gasteiger partial charge in [-0.25, -0.2) is 9.67 Å². The standard InChI is InChI=1S/C19H25ClN4O3/c1-3-4-17(23-27-14-26-2)18(9-10-18)19(25,11-24-13-21-12-22-24)15-5-7-16(20)8-6-15/h5-8,12-13,25H,3-4,9-11,14H2,1-2H3/b23-17+. The first kappa shape index (κ1) is 19.8. The van der Waals surface area contributed by atoms with Crippen molar-refractivity contribution < 1.29 is 14.7 Å². The molecule has 1 aromatic carbocycles. The van der Waals surface area contributed by atoms with Crippen molar-refractivity contribution in [3.63, 3.8) is 0 Å². The summed E-state index contributed by atoms with van der Waals surface area (Å²) < 4.78 is 6.59. The van der Waals surface area contributed by atoms with Crippen LogP contribution in [-0.2, 0) is 21.7 Å². The molecule has 1 N–H and O–H groups in total. The van der Waals surface area contributed by atoms with E-state index in [-0.39, 0.29) is 13.3 Å². The van der Waals surface area contributed by atoms with Crippen molar-refractivity contribution in [2.24, 2.45) is 10.6 Å². The van der Waals surface area contributed by atoms with Crippen LogP contribution in [0.1, 0.15) is 38.2 Å². The van der Waals surface area contributed by atoms with Gasteiger partial charge in [0.2, 0.25) is 6.79 Å². The van der Waals surface area contributed by atoms with Crippen LogP contribution in [0.5, 0.6) is 0 Å². The molecule has 146 valence electrons. The van der Waals surface area contributed by atoms with E-state index in [0.717, 1.165) is 37.0 Å². The average Bonchev–Trinajstić information content (AvgIpc) is 3.33. The number of nitrogens with zero attached hydrogens (tertiary/aromatic N) is 4. The Morgan fingerprint density at radius 2 is 2.11 bits per heavy atom. The molecule has 0 saturated heterocycles. The number of methoxy groups -OCH3 is 1. The molecule has 1 aromatic heterocycles. The Bertz CT molecular complexity index is 760. The molecule has 8 heteroatoms. The number of ether oxygens (including phenoxy) is 1. The number of hydrogen-bond donors (Lipinski definition) is 1. The minimum Gasteiger partial charge on any atom is -0.382 e. The average molecular weight is 393 g/mol. The first-order valence-electron chi connectivity index (χ1n) is 9.05. The third-order valence-electron chi connectivity index (χ3n) is 5.11. The van der Waals surface area contributed by atoms with Gasteiger partial charge in [0.15, 0.2) is 0 Å². The Labute approximate surface area is 163 Å². The Morgan fingerprint density at radius 1 is 1.37 bits per heavy atom. The summed E-state index contributed by atoms with van der Waals surface area (Å²) in [5.41, 5.74) is -0.109. The molecule has 1 aliphatic carbocycles. The van der Waals surface area contributed by atoms with Crippen LogP contribution in [0.2, 0.25) is 5.02 Å². The topological polar surface area (TPSA) is 81.8 Å². The van der Waals surface area contributed by atoms with E-state index in [1.54, 1.807) is 30.3 Å². The molecule has 1 unspecified atom stereocenters. The second kappa shape index (κ2) is 8.37. The molecule has 0 aliphatic heterocycles. The first-order valence-corrected chi connectivity index (χ1v) is 9.42. The van der Waals surface area contributed by atoms with Crippen molar-refractivity contribution in [1.82, 2.24) is 14.8 Å². The third-order valence-corrected chi connectivity index (χ3v) is 5.36. The molecule has 0 radical (unpaired) electrons. The number of hydrogen-bond acceptors (Lipinski definition) is 6. The highest BCUT2D eigenvalue weighted by Gasteiger charge is 2.63. The lowest BCUT2D eigenvalue weighted by atomic mass is 9.74. The van der Waals surface area contributed by atoms with E-state index < -0.39 is 11.0 Å². The van der Waals surface area contributed by atoms with Crippen LogP contribution in [0, 0.1) is 5.41 Å². The largest absolute Gasteiger partial charge is 0.382 e. The molecule has 1 saturated carbocycles. The van der Waals surface area contributed by atoms with E-state index >= 15 is 0 Å². The quantitative estimate of drug-likeness (QED) is 0.290. The molecular formula is C19H25ClN4O3. The maximum Gasteiger partial charge on any atom is 0.216 e. The molecule has 2 aromatic rings. The van der Waals surface area contributed by atoms with Gasteiger partial charge < -0.3 is 14.7 Å². The summed E-state index contributed by atoms with van der Waals surface area (Å²) in [7, 11) is 1.55.